The first-order chi connectivity index (χ1) is 6.36. The van der Waals surface area contributed by atoms with Crippen molar-refractivity contribution in [3.63, 3.8) is 0 Å². The predicted molar refractivity (Wildman–Crippen MR) is 46.3 cm³/mol. The summed E-state index contributed by atoms with van der Waals surface area (Å²) in [7, 11) is 0. The zero-order valence-electron chi connectivity index (χ0n) is 6.56. The molecule has 0 aliphatic carbocycles. The van der Waals surface area contributed by atoms with E-state index in [4.69, 9.17) is 4.74 Å². The topological polar surface area (TPSA) is 56.5 Å². The molecule has 66 valence electrons. The van der Waals surface area contributed by atoms with Crippen LogP contribution >= 0.6 is 11.3 Å². The molecule has 3 rings (SSSR count). The van der Waals surface area contributed by atoms with Crippen molar-refractivity contribution in [1.82, 2.24) is 14.6 Å². The molecule has 2 aromatic rings. The Morgan fingerprint density at radius 3 is 3.46 bits per heavy atom. The fourth-order valence-corrected chi connectivity index (χ4v) is 1.99. The molecule has 13 heavy (non-hydrogen) atoms. The monoisotopic (exact) mass is 195 g/mol. The molecule has 1 aliphatic heterocycles. The second-order valence-corrected chi connectivity index (χ2v) is 3.54. The summed E-state index contributed by atoms with van der Waals surface area (Å²) in [4.78, 5) is 16.4. The average molecular weight is 195 g/mol. The third-order valence-electron chi connectivity index (χ3n) is 2.00. The number of hydrogen-bond donors (Lipinski definition) is 0. The molecule has 0 amide bonds. The lowest BCUT2D eigenvalue weighted by Gasteiger charge is -1.95. The van der Waals surface area contributed by atoms with E-state index in [1.165, 1.54) is 15.9 Å². The van der Waals surface area contributed by atoms with Crippen LogP contribution < -0.4 is 10.3 Å². The van der Waals surface area contributed by atoms with Crippen LogP contribution in [0.3, 0.4) is 0 Å². The van der Waals surface area contributed by atoms with Gasteiger partial charge in [0.15, 0.2) is 0 Å². The highest BCUT2D eigenvalue weighted by Gasteiger charge is 2.20. The Balaban J connectivity index is 2.53. The van der Waals surface area contributed by atoms with E-state index in [1.54, 1.807) is 5.51 Å². The molecule has 0 bridgehead atoms. The molecule has 0 radical (unpaired) electrons. The van der Waals surface area contributed by atoms with Gasteiger partial charge in [-0.2, -0.15) is 14.6 Å². The largest absolute Gasteiger partial charge is 0.477 e. The van der Waals surface area contributed by atoms with Crippen LogP contribution in [0.15, 0.2) is 10.3 Å². The summed E-state index contributed by atoms with van der Waals surface area (Å²) in [6.07, 6.45) is 0.641. The van der Waals surface area contributed by atoms with Crippen LogP contribution in [0.4, 0.5) is 0 Å². The Morgan fingerprint density at radius 2 is 2.54 bits per heavy atom. The molecule has 5 nitrogen and oxygen atoms in total. The molecular weight excluding hydrogens is 190 g/mol. The first-order valence-corrected chi connectivity index (χ1v) is 4.72. The average Bonchev–Trinajstić information content (AvgIpc) is 2.71. The molecule has 0 aromatic carbocycles. The summed E-state index contributed by atoms with van der Waals surface area (Å²) in [5.41, 5.74) is 2.14. The van der Waals surface area contributed by atoms with Crippen molar-refractivity contribution in [1.29, 1.82) is 0 Å². The summed E-state index contributed by atoms with van der Waals surface area (Å²) in [6, 6.07) is 0. The standard InChI is InChI=1S/C7H5N3O2S/c11-6-4-1-2-12-5(4)9-7-10(6)8-3-13-7/h3H,1-2H2. The van der Waals surface area contributed by atoms with Gasteiger partial charge in [-0.25, -0.2) is 0 Å². The number of rotatable bonds is 0. The molecule has 3 heterocycles. The highest BCUT2D eigenvalue weighted by atomic mass is 32.1. The van der Waals surface area contributed by atoms with Crippen LogP contribution in [0.1, 0.15) is 5.56 Å². The lowest BCUT2D eigenvalue weighted by atomic mass is 10.3. The Labute approximate surface area is 76.6 Å². The minimum atomic E-state index is -0.0984. The van der Waals surface area contributed by atoms with E-state index >= 15 is 0 Å². The van der Waals surface area contributed by atoms with Gasteiger partial charge in [-0.05, 0) is 0 Å². The minimum absolute atomic E-state index is 0.0984. The molecule has 0 spiro atoms. The molecule has 6 heteroatoms. The van der Waals surface area contributed by atoms with Crippen molar-refractivity contribution in [2.45, 2.75) is 6.42 Å². The molecule has 1 aliphatic rings. The fraction of sp³-hybridized carbons (Fsp3) is 0.286. The van der Waals surface area contributed by atoms with E-state index in [1.807, 2.05) is 0 Å². The molecule has 0 fully saturated rings. The van der Waals surface area contributed by atoms with Crippen LogP contribution in [0.25, 0.3) is 4.96 Å². The number of fused-ring (bicyclic) bond motifs is 2. The number of ether oxygens (including phenoxy) is 1. The maximum absolute atomic E-state index is 11.7. The molecular formula is C7H5N3O2S. The number of aromatic nitrogens is 3. The number of nitrogens with zero attached hydrogens (tertiary/aromatic N) is 3. The van der Waals surface area contributed by atoms with Crippen LogP contribution in [-0.4, -0.2) is 21.2 Å². The van der Waals surface area contributed by atoms with E-state index in [9.17, 15) is 4.79 Å². The molecule has 0 saturated carbocycles. The molecule has 2 aromatic heterocycles. The van der Waals surface area contributed by atoms with Crippen LogP contribution in [0.5, 0.6) is 5.88 Å². The van der Waals surface area contributed by atoms with Gasteiger partial charge in [0.25, 0.3) is 5.56 Å². The second-order valence-electron chi connectivity index (χ2n) is 2.73. The zero-order chi connectivity index (χ0) is 8.84. The maximum Gasteiger partial charge on any atom is 0.282 e. The Morgan fingerprint density at radius 1 is 1.62 bits per heavy atom. The van der Waals surface area contributed by atoms with Crippen molar-refractivity contribution in [2.75, 3.05) is 6.61 Å². The lowest BCUT2D eigenvalue weighted by molar-refractivity contribution is 0.345. The fourth-order valence-electron chi connectivity index (χ4n) is 1.39. The van der Waals surface area contributed by atoms with Gasteiger partial charge in [0, 0.05) is 6.42 Å². The Kier molecular flexibility index (Phi) is 1.24. The third-order valence-corrected chi connectivity index (χ3v) is 2.67. The van der Waals surface area contributed by atoms with Gasteiger partial charge in [-0.15, -0.1) is 0 Å². The first-order valence-electron chi connectivity index (χ1n) is 3.84. The van der Waals surface area contributed by atoms with Gasteiger partial charge < -0.3 is 4.74 Å². The molecule has 0 atom stereocenters. The van der Waals surface area contributed by atoms with Gasteiger partial charge in [-0.3, -0.25) is 4.79 Å². The van der Waals surface area contributed by atoms with E-state index in [0.29, 0.717) is 29.4 Å². The van der Waals surface area contributed by atoms with Crippen LogP contribution in [0.2, 0.25) is 0 Å². The normalized spacial score (nSPS) is 14.5. The quantitative estimate of drug-likeness (QED) is 0.597. The first kappa shape index (κ1) is 7.02. The van der Waals surface area contributed by atoms with Gasteiger partial charge in [0.2, 0.25) is 10.8 Å². The Bertz CT molecular complexity index is 530. The summed E-state index contributed by atoms with van der Waals surface area (Å²) < 4.78 is 6.53. The SMILES string of the molecule is O=c1c2c(nc3scnn13)OCC2. The number of hydrogen-bond acceptors (Lipinski definition) is 5. The van der Waals surface area contributed by atoms with Gasteiger partial charge in [-0.1, -0.05) is 11.3 Å². The van der Waals surface area contributed by atoms with Crippen molar-refractivity contribution >= 4 is 16.3 Å². The highest BCUT2D eigenvalue weighted by molar-refractivity contribution is 7.14. The summed E-state index contributed by atoms with van der Waals surface area (Å²) >= 11 is 1.33. The second kappa shape index (κ2) is 2.29. The van der Waals surface area contributed by atoms with Crippen molar-refractivity contribution in [3.05, 3.63) is 21.4 Å². The van der Waals surface area contributed by atoms with Crippen LogP contribution in [0, 0.1) is 0 Å². The maximum atomic E-state index is 11.7. The van der Waals surface area contributed by atoms with Crippen molar-refractivity contribution in [2.24, 2.45) is 0 Å². The van der Waals surface area contributed by atoms with Gasteiger partial charge >= 0.3 is 0 Å². The van der Waals surface area contributed by atoms with Crippen molar-refractivity contribution in [3.8, 4) is 5.88 Å². The Hall–Kier alpha value is -1.43. The molecule has 0 unspecified atom stereocenters. The lowest BCUT2D eigenvalue weighted by Crippen LogP contribution is -2.18. The predicted octanol–water partition coefficient (Wildman–Crippen LogP) is 0.0859. The molecule has 0 saturated heterocycles. The van der Waals surface area contributed by atoms with Crippen LogP contribution in [-0.2, 0) is 6.42 Å². The van der Waals surface area contributed by atoms with Gasteiger partial charge in [0.1, 0.15) is 5.51 Å². The van der Waals surface area contributed by atoms with Gasteiger partial charge in [0.05, 0.1) is 12.2 Å². The minimum Gasteiger partial charge on any atom is -0.477 e. The zero-order valence-corrected chi connectivity index (χ0v) is 7.37. The van der Waals surface area contributed by atoms with E-state index in [2.05, 4.69) is 10.1 Å². The summed E-state index contributed by atoms with van der Waals surface area (Å²) in [6.45, 7) is 0.551. The smallest absolute Gasteiger partial charge is 0.282 e. The van der Waals surface area contributed by atoms with Crippen molar-refractivity contribution < 1.29 is 4.74 Å². The summed E-state index contributed by atoms with van der Waals surface area (Å²) in [5.74, 6) is 0.481. The van der Waals surface area contributed by atoms with E-state index in [0.717, 1.165) is 0 Å². The highest BCUT2D eigenvalue weighted by Crippen LogP contribution is 2.20. The summed E-state index contributed by atoms with van der Waals surface area (Å²) in [5, 5.41) is 3.90. The van der Waals surface area contributed by atoms with E-state index < -0.39 is 0 Å². The third kappa shape index (κ3) is 0.831. The van der Waals surface area contributed by atoms with E-state index in [-0.39, 0.29) is 5.56 Å². The molecule has 0 N–H and O–H groups in total.